The van der Waals surface area contributed by atoms with Gasteiger partial charge in [0.05, 0.1) is 36.9 Å². The summed E-state index contributed by atoms with van der Waals surface area (Å²) in [5.74, 6) is 0.260. The van der Waals surface area contributed by atoms with E-state index in [0.717, 1.165) is 22.2 Å². The van der Waals surface area contributed by atoms with Crippen LogP contribution in [0, 0.1) is 12.9 Å². The van der Waals surface area contributed by atoms with E-state index < -0.39 is 14.2 Å². The minimum absolute atomic E-state index is 0.0702. The number of hydrogen-bond donors (Lipinski definition) is 2. The second kappa shape index (κ2) is 10.8. The molecule has 0 fully saturated rings. The van der Waals surface area contributed by atoms with Crippen molar-refractivity contribution in [2.24, 2.45) is 0 Å². The predicted molar refractivity (Wildman–Crippen MR) is 154 cm³/mol. The highest BCUT2D eigenvalue weighted by Crippen LogP contribution is 2.45. The number of fused-ring (bicyclic) bond motifs is 1. The zero-order valence-electron chi connectivity index (χ0n) is 23.5. The van der Waals surface area contributed by atoms with Crippen LogP contribution in [-0.2, 0) is 6.61 Å². The van der Waals surface area contributed by atoms with Gasteiger partial charge in [0.1, 0.15) is 11.5 Å². The van der Waals surface area contributed by atoms with Crippen LogP contribution in [0.15, 0.2) is 42.7 Å². The maximum absolute atomic E-state index is 15.5. The Morgan fingerprint density at radius 1 is 1.03 bits per heavy atom. The highest BCUT2D eigenvalue weighted by Gasteiger charge is 2.46. The van der Waals surface area contributed by atoms with Crippen molar-refractivity contribution in [3.8, 4) is 17.1 Å². The fraction of sp³-hybridized carbons (Fsp3) is 0.414. The number of aliphatic hydroxyl groups excluding tert-OH is 1. The number of anilines is 2. The van der Waals surface area contributed by atoms with Crippen LogP contribution in [0.4, 0.5) is 15.9 Å². The molecule has 4 aromatic heterocycles. The summed E-state index contributed by atoms with van der Waals surface area (Å²) < 4.78 is 22.9. The lowest BCUT2D eigenvalue weighted by Gasteiger charge is -2.44. The van der Waals surface area contributed by atoms with E-state index in [1.807, 2.05) is 13.0 Å². The summed E-state index contributed by atoms with van der Waals surface area (Å²) in [6, 6.07) is 8.98. The molecule has 0 unspecified atom stereocenters. The van der Waals surface area contributed by atoms with Crippen LogP contribution in [0.1, 0.15) is 52.7 Å². The van der Waals surface area contributed by atoms with E-state index in [0.29, 0.717) is 45.3 Å². The Bertz CT molecular complexity index is 1410. The lowest BCUT2D eigenvalue weighted by Crippen LogP contribution is -2.51. The average Bonchev–Trinajstić information content (AvgIpc) is 3.21. The van der Waals surface area contributed by atoms with Crippen molar-refractivity contribution in [3.63, 3.8) is 0 Å². The van der Waals surface area contributed by atoms with Gasteiger partial charge in [-0.3, -0.25) is 0 Å². The van der Waals surface area contributed by atoms with Gasteiger partial charge in [-0.05, 0) is 53.4 Å². The molecule has 202 valence electrons. The van der Waals surface area contributed by atoms with E-state index in [1.54, 1.807) is 37.6 Å². The molecule has 0 radical (unpaired) electrons. The first-order valence-corrected chi connectivity index (χ1v) is 15.3. The second-order valence-corrected chi connectivity index (χ2v) is 16.5. The maximum Gasteiger partial charge on any atom is 0.224 e. The monoisotopic (exact) mass is 535 g/mol. The number of pyridine rings is 3. The van der Waals surface area contributed by atoms with Gasteiger partial charge in [-0.1, -0.05) is 41.5 Å². The zero-order valence-corrected chi connectivity index (χ0v) is 24.5. The molecule has 0 saturated carbocycles. The fourth-order valence-electron chi connectivity index (χ4n) is 6.24. The summed E-state index contributed by atoms with van der Waals surface area (Å²) in [6.07, 6.45) is 3.70. The topological polar surface area (TPSA) is 85.1 Å². The molecule has 0 bridgehead atoms. The van der Waals surface area contributed by atoms with Crippen LogP contribution >= 0.6 is 0 Å². The molecule has 0 aliphatic carbocycles. The Hall–Kier alpha value is -3.30. The SMILES string of the molecule is COc1ccc(Nc2ccc(-c3nc4c(cc3C)c(CO)cn4[Si](C(C)C)(C(C)C)C(C)C)c(F)n2)cn1. The normalized spacial score (nSPS) is 12.2. The summed E-state index contributed by atoms with van der Waals surface area (Å²) in [4.78, 5) is 13.4. The van der Waals surface area contributed by atoms with Crippen LogP contribution in [-0.4, -0.2) is 39.6 Å². The zero-order chi connectivity index (χ0) is 27.8. The van der Waals surface area contributed by atoms with Crippen LogP contribution in [0.5, 0.6) is 5.88 Å². The van der Waals surface area contributed by atoms with Crippen molar-refractivity contribution in [2.75, 3.05) is 12.4 Å². The molecule has 0 spiro atoms. The van der Waals surface area contributed by atoms with E-state index >= 15 is 4.39 Å². The lowest BCUT2D eigenvalue weighted by atomic mass is 10.1. The number of aliphatic hydroxyl groups is 1. The van der Waals surface area contributed by atoms with Gasteiger partial charge >= 0.3 is 0 Å². The molecule has 0 aromatic carbocycles. The molecule has 38 heavy (non-hydrogen) atoms. The van der Waals surface area contributed by atoms with E-state index in [-0.39, 0.29) is 6.61 Å². The largest absolute Gasteiger partial charge is 0.481 e. The standard InChI is InChI=1S/C29H38FN5O2Si/c1-17(2)38(18(3)4,19(5)6)35-15-21(16-36)24-13-20(7)27(34-29(24)35)23-10-11-25(33-28(23)30)32-22-9-12-26(37-8)31-14-22/h9-15,17-19,36H,16H2,1-8H3,(H,32,33). The summed E-state index contributed by atoms with van der Waals surface area (Å²) in [5, 5.41) is 14.2. The molecular weight excluding hydrogens is 497 g/mol. The van der Waals surface area contributed by atoms with Gasteiger partial charge in [-0.2, -0.15) is 4.39 Å². The van der Waals surface area contributed by atoms with Gasteiger partial charge in [0, 0.05) is 23.2 Å². The number of aryl methyl sites for hydroxylation is 1. The van der Waals surface area contributed by atoms with Gasteiger partial charge in [-0.15, -0.1) is 0 Å². The number of halogens is 1. The summed E-state index contributed by atoms with van der Waals surface area (Å²) in [6.45, 7) is 15.6. The minimum atomic E-state index is -2.17. The molecule has 0 saturated heterocycles. The lowest BCUT2D eigenvalue weighted by molar-refractivity contribution is 0.283. The second-order valence-electron chi connectivity index (χ2n) is 10.8. The van der Waals surface area contributed by atoms with Crippen molar-refractivity contribution in [3.05, 3.63) is 59.8 Å². The van der Waals surface area contributed by atoms with Crippen molar-refractivity contribution in [1.82, 2.24) is 19.2 Å². The molecule has 4 rings (SSSR count). The summed E-state index contributed by atoms with van der Waals surface area (Å²) in [5.41, 5.74) is 5.38. The first-order valence-electron chi connectivity index (χ1n) is 13.1. The number of aromatic nitrogens is 4. The Morgan fingerprint density at radius 2 is 1.71 bits per heavy atom. The van der Waals surface area contributed by atoms with Gasteiger partial charge in [0.15, 0.2) is 8.24 Å². The van der Waals surface area contributed by atoms with Crippen molar-refractivity contribution >= 4 is 30.8 Å². The number of nitrogens with zero attached hydrogens (tertiary/aromatic N) is 4. The summed E-state index contributed by atoms with van der Waals surface area (Å²) >= 11 is 0. The number of rotatable bonds is 9. The molecule has 0 aliphatic heterocycles. The molecule has 0 atom stereocenters. The van der Waals surface area contributed by atoms with Gasteiger partial charge in [0.2, 0.25) is 11.8 Å². The molecular formula is C29H38FN5O2Si. The van der Waals surface area contributed by atoms with Gasteiger partial charge < -0.3 is 19.4 Å². The Morgan fingerprint density at radius 3 is 2.24 bits per heavy atom. The molecule has 4 heterocycles. The fourth-order valence-corrected chi connectivity index (χ4v) is 12.8. The molecule has 4 aromatic rings. The van der Waals surface area contributed by atoms with Gasteiger partial charge in [0.25, 0.3) is 0 Å². The third-order valence-corrected chi connectivity index (χ3v) is 14.5. The summed E-state index contributed by atoms with van der Waals surface area (Å²) in [7, 11) is -0.617. The quantitative estimate of drug-likeness (QED) is 0.174. The Labute approximate surface area is 225 Å². The number of methoxy groups -OCH3 is 1. The Kier molecular flexibility index (Phi) is 7.90. The average molecular weight is 536 g/mol. The van der Waals surface area contributed by atoms with E-state index in [4.69, 9.17) is 9.72 Å². The maximum atomic E-state index is 15.5. The van der Waals surface area contributed by atoms with E-state index in [9.17, 15) is 5.11 Å². The van der Waals surface area contributed by atoms with Crippen LogP contribution < -0.4 is 10.1 Å². The van der Waals surface area contributed by atoms with Crippen molar-refractivity contribution < 1.29 is 14.2 Å². The minimum Gasteiger partial charge on any atom is -0.481 e. The molecule has 0 amide bonds. The number of hydrogen-bond acceptors (Lipinski definition) is 6. The first kappa shape index (κ1) is 27.7. The third kappa shape index (κ3) is 4.69. The van der Waals surface area contributed by atoms with Crippen LogP contribution in [0.25, 0.3) is 22.3 Å². The smallest absolute Gasteiger partial charge is 0.224 e. The Balaban J connectivity index is 1.84. The highest BCUT2D eigenvalue weighted by atomic mass is 28.3. The molecule has 0 aliphatic rings. The number of nitrogens with one attached hydrogen (secondary N) is 1. The van der Waals surface area contributed by atoms with Crippen LogP contribution in [0.3, 0.4) is 0 Å². The van der Waals surface area contributed by atoms with Crippen LogP contribution in [0.2, 0.25) is 16.6 Å². The van der Waals surface area contributed by atoms with Crippen molar-refractivity contribution in [1.29, 1.82) is 0 Å². The van der Waals surface area contributed by atoms with Gasteiger partial charge in [-0.25, -0.2) is 15.0 Å². The first-order chi connectivity index (χ1) is 18.0. The highest BCUT2D eigenvalue weighted by molar-refractivity contribution is 6.82. The molecule has 9 heteroatoms. The van der Waals surface area contributed by atoms with Crippen molar-refractivity contribution in [2.45, 2.75) is 71.7 Å². The molecule has 7 nitrogen and oxygen atoms in total. The van der Waals surface area contributed by atoms with E-state index in [2.05, 4.69) is 67.3 Å². The van der Waals surface area contributed by atoms with E-state index in [1.165, 1.54) is 0 Å². The molecule has 2 N–H and O–H groups in total. The number of ether oxygens (including phenoxy) is 1. The predicted octanol–water partition coefficient (Wildman–Crippen LogP) is 7.21. The third-order valence-electron chi connectivity index (χ3n) is 7.74.